The van der Waals surface area contributed by atoms with Gasteiger partial charge in [0.05, 0.1) is 11.9 Å². The summed E-state index contributed by atoms with van der Waals surface area (Å²) in [5, 5.41) is 9.96. The predicted molar refractivity (Wildman–Crippen MR) is 142 cm³/mol. The number of halogens is 3. The quantitative estimate of drug-likeness (QED) is 0.419. The normalized spacial score (nSPS) is 22.0. The van der Waals surface area contributed by atoms with Crippen molar-refractivity contribution in [1.82, 2.24) is 13.9 Å². The minimum absolute atomic E-state index is 0.0603. The molecule has 3 aromatic rings. The summed E-state index contributed by atoms with van der Waals surface area (Å²) in [6.45, 7) is 1.71. The summed E-state index contributed by atoms with van der Waals surface area (Å²) in [5.41, 5.74) is -0.282. The second kappa shape index (κ2) is 9.39. The van der Waals surface area contributed by atoms with E-state index in [0.29, 0.717) is 22.2 Å². The zero-order chi connectivity index (χ0) is 26.7. The fourth-order valence-electron chi connectivity index (χ4n) is 5.01. The average Bonchev–Trinajstić information content (AvgIpc) is 3.52. The van der Waals surface area contributed by atoms with Gasteiger partial charge in [0.25, 0.3) is 15.9 Å². The molecule has 0 spiro atoms. The number of aliphatic carboxylic acids is 1. The van der Waals surface area contributed by atoms with Crippen LogP contribution in [-0.2, 0) is 31.6 Å². The molecule has 2 aromatic carbocycles. The van der Waals surface area contributed by atoms with Gasteiger partial charge in [0.1, 0.15) is 11.6 Å². The number of carboxylic acids is 1. The molecule has 1 aromatic heterocycles. The van der Waals surface area contributed by atoms with E-state index in [9.17, 15) is 23.1 Å². The molecule has 1 N–H and O–H groups in total. The highest BCUT2D eigenvalue weighted by Crippen LogP contribution is 2.45. The van der Waals surface area contributed by atoms with Crippen molar-refractivity contribution >= 4 is 72.7 Å². The van der Waals surface area contributed by atoms with E-state index in [1.54, 1.807) is 19.1 Å². The van der Waals surface area contributed by atoms with E-state index in [1.165, 1.54) is 21.7 Å². The fraction of sp³-hybridized carbons (Fsp3) is 0.292. The molecule has 0 radical (unpaired) electrons. The average molecular weight is 628 g/mol. The van der Waals surface area contributed by atoms with Gasteiger partial charge in [0.15, 0.2) is 5.03 Å². The van der Waals surface area contributed by atoms with Crippen molar-refractivity contribution in [2.75, 3.05) is 11.4 Å². The van der Waals surface area contributed by atoms with Crippen LogP contribution in [0.25, 0.3) is 0 Å². The Morgan fingerprint density at radius 1 is 1.19 bits per heavy atom. The first-order valence-corrected chi connectivity index (χ1v) is 14.3. The van der Waals surface area contributed by atoms with Gasteiger partial charge < -0.3 is 5.11 Å². The SMILES string of the molecule is C[C@@]1(Cc2ccc(Br)cc2)C(=O)N(c2cc(Cl)cc(Cl)c2)c2ncc(S(=O)(=O)N3CCC[C@@H]3C(=O)O)n21. The van der Waals surface area contributed by atoms with Crippen molar-refractivity contribution in [2.45, 2.75) is 42.8 Å². The van der Waals surface area contributed by atoms with Gasteiger partial charge in [0, 0.05) is 27.5 Å². The monoisotopic (exact) mass is 626 g/mol. The lowest BCUT2D eigenvalue weighted by Crippen LogP contribution is -2.45. The second-order valence-corrected chi connectivity index (χ2v) is 12.8. The third kappa shape index (κ3) is 4.36. The van der Waals surface area contributed by atoms with Crippen LogP contribution in [0.5, 0.6) is 0 Å². The number of carboxylic acid groups (broad SMARTS) is 1. The first-order valence-electron chi connectivity index (χ1n) is 11.3. The number of hydrogen-bond acceptors (Lipinski definition) is 5. The Labute approximate surface area is 231 Å². The Kier molecular flexibility index (Phi) is 6.64. The van der Waals surface area contributed by atoms with Gasteiger partial charge >= 0.3 is 5.97 Å². The summed E-state index contributed by atoms with van der Waals surface area (Å²) in [7, 11) is -4.32. The summed E-state index contributed by atoms with van der Waals surface area (Å²) in [5.74, 6) is -1.57. The Hall–Kier alpha value is -2.44. The maximum absolute atomic E-state index is 14.1. The minimum Gasteiger partial charge on any atom is -0.480 e. The minimum atomic E-state index is -4.32. The number of carbonyl (C=O) groups excluding carboxylic acids is 1. The molecule has 37 heavy (non-hydrogen) atoms. The zero-order valence-corrected chi connectivity index (χ0v) is 23.4. The van der Waals surface area contributed by atoms with E-state index >= 15 is 0 Å². The van der Waals surface area contributed by atoms with Crippen LogP contribution in [0, 0.1) is 0 Å². The van der Waals surface area contributed by atoms with E-state index in [0.717, 1.165) is 14.3 Å². The highest BCUT2D eigenvalue weighted by atomic mass is 79.9. The molecular formula is C24H21BrCl2N4O5S. The van der Waals surface area contributed by atoms with E-state index in [1.807, 2.05) is 24.3 Å². The maximum atomic E-state index is 14.1. The Balaban J connectivity index is 1.70. The standard InChI is InChI=1S/C24H21BrCl2N4O5S/c1-24(12-14-4-6-15(25)7-5-14)22(34)30(18-10-16(26)9-17(27)11-18)23-28-13-20(31(23)24)37(35,36)29-8-2-3-19(29)21(32)33/h4-7,9-11,13,19H,2-3,8,12H2,1H3,(H,32,33)/t19-,24-/m1/s1. The Morgan fingerprint density at radius 2 is 1.84 bits per heavy atom. The largest absolute Gasteiger partial charge is 0.480 e. The number of rotatable bonds is 6. The topological polar surface area (TPSA) is 113 Å². The predicted octanol–water partition coefficient (Wildman–Crippen LogP) is 4.83. The summed E-state index contributed by atoms with van der Waals surface area (Å²) in [4.78, 5) is 31.5. The molecule has 2 aliphatic heterocycles. The van der Waals surface area contributed by atoms with Crippen molar-refractivity contribution in [1.29, 1.82) is 0 Å². The van der Waals surface area contributed by atoms with Gasteiger partial charge in [-0.2, -0.15) is 4.31 Å². The van der Waals surface area contributed by atoms with E-state index in [2.05, 4.69) is 20.9 Å². The van der Waals surface area contributed by atoms with Crippen LogP contribution in [0.3, 0.4) is 0 Å². The van der Waals surface area contributed by atoms with Crippen LogP contribution in [0.2, 0.25) is 10.0 Å². The van der Waals surface area contributed by atoms with Gasteiger partial charge in [-0.05, 0) is 55.7 Å². The molecule has 1 saturated heterocycles. The number of imidazole rings is 1. The molecule has 3 heterocycles. The molecule has 2 aliphatic rings. The molecule has 0 bridgehead atoms. The number of amides is 1. The van der Waals surface area contributed by atoms with Crippen molar-refractivity contribution in [3.8, 4) is 0 Å². The van der Waals surface area contributed by atoms with Crippen LogP contribution in [-0.4, -0.2) is 51.8 Å². The van der Waals surface area contributed by atoms with Gasteiger partial charge in [-0.25, -0.2) is 18.3 Å². The highest BCUT2D eigenvalue weighted by molar-refractivity contribution is 9.10. The maximum Gasteiger partial charge on any atom is 0.322 e. The smallest absolute Gasteiger partial charge is 0.322 e. The molecular weight excluding hydrogens is 607 g/mol. The molecule has 0 saturated carbocycles. The van der Waals surface area contributed by atoms with E-state index < -0.39 is 33.5 Å². The van der Waals surface area contributed by atoms with Gasteiger partial charge in [0.2, 0.25) is 5.95 Å². The van der Waals surface area contributed by atoms with Crippen molar-refractivity contribution in [3.63, 3.8) is 0 Å². The number of sulfonamides is 1. The van der Waals surface area contributed by atoms with E-state index in [4.69, 9.17) is 23.2 Å². The van der Waals surface area contributed by atoms with Crippen LogP contribution < -0.4 is 4.90 Å². The third-order valence-electron chi connectivity index (χ3n) is 6.70. The lowest BCUT2D eigenvalue weighted by Gasteiger charge is -2.28. The lowest BCUT2D eigenvalue weighted by molar-refractivity contribution is -0.140. The molecule has 194 valence electrons. The first-order chi connectivity index (χ1) is 17.4. The lowest BCUT2D eigenvalue weighted by atomic mass is 9.92. The number of fused-ring (bicyclic) bond motifs is 1. The summed E-state index contributed by atoms with van der Waals surface area (Å²) >= 11 is 15.8. The molecule has 13 heteroatoms. The van der Waals surface area contributed by atoms with Crippen LogP contribution >= 0.6 is 39.1 Å². The number of hydrogen-bond donors (Lipinski definition) is 1. The van der Waals surface area contributed by atoms with Gasteiger partial charge in [-0.1, -0.05) is 51.3 Å². The molecule has 1 fully saturated rings. The number of nitrogens with zero attached hydrogens (tertiary/aromatic N) is 4. The fourth-order valence-corrected chi connectivity index (χ4v) is 7.63. The summed E-state index contributed by atoms with van der Waals surface area (Å²) in [6, 6.07) is 10.8. The zero-order valence-electron chi connectivity index (χ0n) is 19.4. The molecule has 0 aliphatic carbocycles. The molecule has 2 atom stereocenters. The Morgan fingerprint density at radius 3 is 2.46 bits per heavy atom. The number of aromatic nitrogens is 2. The molecule has 0 unspecified atom stereocenters. The van der Waals surface area contributed by atoms with Crippen molar-refractivity contribution in [2.24, 2.45) is 0 Å². The first kappa shape index (κ1) is 26.2. The van der Waals surface area contributed by atoms with Crippen molar-refractivity contribution in [3.05, 3.63) is 68.7 Å². The van der Waals surface area contributed by atoms with Crippen LogP contribution in [0.15, 0.2) is 58.2 Å². The number of anilines is 2. The van der Waals surface area contributed by atoms with E-state index in [-0.39, 0.29) is 30.4 Å². The van der Waals surface area contributed by atoms with Crippen molar-refractivity contribution < 1.29 is 23.1 Å². The second-order valence-electron chi connectivity index (χ2n) is 9.19. The number of benzene rings is 2. The summed E-state index contributed by atoms with van der Waals surface area (Å²) in [6.07, 6.45) is 1.95. The third-order valence-corrected chi connectivity index (χ3v) is 9.53. The number of carbonyl (C=O) groups is 2. The summed E-state index contributed by atoms with van der Waals surface area (Å²) < 4.78 is 30.9. The highest BCUT2D eigenvalue weighted by Gasteiger charge is 2.53. The van der Waals surface area contributed by atoms with Gasteiger partial charge in [-0.3, -0.25) is 14.2 Å². The van der Waals surface area contributed by atoms with Crippen LogP contribution in [0.4, 0.5) is 11.6 Å². The molecule has 5 rings (SSSR count). The van der Waals surface area contributed by atoms with Crippen LogP contribution in [0.1, 0.15) is 25.3 Å². The molecule has 9 nitrogen and oxygen atoms in total. The van der Waals surface area contributed by atoms with Gasteiger partial charge in [-0.15, -0.1) is 0 Å². The molecule has 1 amide bonds. The Bertz CT molecular complexity index is 1510.